The molecule has 114 valence electrons. The van der Waals surface area contributed by atoms with Crippen LogP contribution in [-0.2, 0) is 0 Å². The summed E-state index contributed by atoms with van der Waals surface area (Å²) in [5, 5.41) is 7.57. The van der Waals surface area contributed by atoms with Crippen LogP contribution in [0.25, 0.3) is 0 Å². The molecule has 0 spiro atoms. The standard InChI is InChI=1S/C16H35N3/c1-13(2)11-19(12-14(3)4)10-8-7-9-16(5,6)15(17)18/h13-14H,7-12H2,1-6H3,(H3,17,18). The Bertz CT molecular complexity index is 247. The summed E-state index contributed by atoms with van der Waals surface area (Å²) in [7, 11) is 0. The third-order valence-corrected chi connectivity index (χ3v) is 3.50. The first kappa shape index (κ1) is 18.4. The zero-order valence-electron chi connectivity index (χ0n) is 13.9. The number of nitrogens with one attached hydrogen (secondary N) is 1. The molecule has 0 aromatic carbocycles. The lowest BCUT2D eigenvalue weighted by atomic mass is 9.86. The van der Waals surface area contributed by atoms with Crippen LogP contribution in [0, 0.1) is 22.7 Å². The fourth-order valence-electron chi connectivity index (χ4n) is 2.33. The molecule has 0 heterocycles. The first-order chi connectivity index (χ1) is 8.65. The molecule has 0 saturated heterocycles. The molecule has 0 bridgehead atoms. The molecule has 0 aromatic heterocycles. The topological polar surface area (TPSA) is 53.1 Å². The molecular weight excluding hydrogens is 234 g/mol. The van der Waals surface area contributed by atoms with E-state index < -0.39 is 0 Å². The van der Waals surface area contributed by atoms with E-state index in [4.69, 9.17) is 11.1 Å². The highest BCUT2D eigenvalue weighted by atomic mass is 15.1. The molecule has 0 amide bonds. The number of amidine groups is 1. The third-order valence-electron chi connectivity index (χ3n) is 3.50. The second-order valence-corrected chi connectivity index (χ2v) is 7.30. The van der Waals surface area contributed by atoms with Gasteiger partial charge < -0.3 is 10.6 Å². The Kier molecular flexibility index (Phi) is 8.31. The second kappa shape index (κ2) is 8.57. The van der Waals surface area contributed by atoms with Gasteiger partial charge >= 0.3 is 0 Å². The van der Waals surface area contributed by atoms with Crippen LogP contribution in [0.4, 0.5) is 0 Å². The molecule has 3 nitrogen and oxygen atoms in total. The summed E-state index contributed by atoms with van der Waals surface area (Å²) in [6.45, 7) is 16.8. The minimum Gasteiger partial charge on any atom is -0.387 e. The molecule has 0 unspecified atom stereocenters. The van der Waals surface area contributed by atoms with Gasteiger partial charge in [-0.1, -0.05) is 48.0 Å². The molecule has 0 aromatic rings. The van der Waals surface area contributed by atoms with Gasteiger partial charge in [-0.25, -0.2) is 0 Å². The van der Waals surface area contributed by atoms with Crippen LogP contribution >= 0.6 is 0 Å². The molecule has 0 aliphatic rings. The summed E-state index contributed by atoms with van der Waals surface area (Å²) >= 11 is 0. The molecule has 0 fully saturated rings. The highest BCUT2D eigenvalue weighted by molar-refractivity contribution is 5.82. The van der Waals surface area contributed by atoms with Crippen molar-refractivity contribution in [3.63, 3.8) is 0 Å². The van der Waals surface area contributed by atoms with Crippen molar-refractivity contribution in [2.45, 2.75) is 60.8 Å². The maximum absolute atomic E-state index is 7.57. The summed E-state index contributed by atoms with van der Waals surface area (Å²) in [4.78, 5) is 2.58. The largest absolute Gasteiger partial charge is 0.387 e. The van der Waals surface area contributed by atoms with Crippen molar-refractivity contribution in [1.29, 1.82) is 5.41 Å². The van der Waals surface area contributed by atoms with E-state index >= 15 is 0 Å². The molecule has 19 heavy (non-hydrogen) atoms. The molecule has 0 aliphatic carbocycles. The van der Waals surface area contributed by atoms with E-state index in [1.807, 2.05) is 0 Å². The van der Waals surface area contributed by atoms with E-state index in [-0.39, 0.29) is 5.41 Å². The minimum absolute atomic E-state index is 0.138. The average molecular weight is 269 g/mol. The Hall–Kier alpha value is -0.570. The molecule has 0 aliphatic heterocycles. The summed E-state index contributed by atoms with van der Waals surface area (Å²) < 4.78 is 0. The van der Waals surface area contributed by atoms with Crippen molar-refractivity contribution >= 4 is 5.84 Å². The zero-order valence-corrected chi connectivity index (χ0v) is 13.9. The van der Waals surface area contributed by atoms with Gasteiger partial charge in [-0.3, -0.25) is 5.41 Å². The number of hydrogen-bond donors (Lipinski definition) is 2. The van der Waals surface area contributed by atoms with Crippen LogP contribution in [0.15, 0.2) is 0 Å². The lowest BCUT2D eigenvalue weighted by Gasteiger charge is -2.27. The summed E-state index contributed by atoms with van der Waals surface area (Å²) in [6.07, 6.45) is 3.37. The van der Waals surface area contributed by atoms with Gasteiger partial charge in [-0.2, -0.15) is 0 Å². The Morgan fingerprint density at radius 2 is 1.53 bits per heavy atom. The van der Waals surface area contributed by atoms with Gasteiger partial charge in [0.1, 0.15) is 0 Å². The number of nitrogens with zero attached hydrogens (tertiary/aromatic N) is 1. The Labute approximate surface area is 120 Å². The molecule has 0 radical (unpaired) electrons. The summed E-state index contributed by atoms with van der Waals surface area (Å²) in [5.74, 6) is 1.77. The Balaban J connectivity index is 4.02. The number of hydrogen-bond acceptors (Lipinski definition) is 2. The molecule has 0 saturated carbocycles. The predicted octanol–water partition coefficient (Wildman–Crippen LogP) is 3.73. The van der Waals surface area contributed by atoms with Crippen molar-refractivity contribution < 1.29 is 0 Å². The van der Waals surface area contributed by atoms with Crippen LogP contribution in [-0.4, -0.2) is 30.4 Å². The van der Waals surface area contributed by atoms with E-state index in [2.05, 4.69) is 46.4 Å². The van der Waals surface area contributed by atoms with Gasteiger partial charge in [0.2, 0.25) is 0 Å². The summed E-state index contributed by atoms with van der Waals surface area (Å²) in [5.41, 5.74) is 5.48. The lowest BCUT2D eigenvalue weighted by Crippen LogP contribution is -2.33. The smallest absolute Gasteiger partial charge is 0.0963 e. The van der Waals surface area contributed by atoms with E-state index in [1.165, 1.54) is 26.1 Å². The van der Waals surface area contributed by atoms with Crippen molar-refractivity contribution in [1.82, 2.24) is 4.90 Å². The van der Waals surface area contributed by atoms with Gasteiger partial charge in [-0.15, -0.1) is 0 Å². The van der Waals surface area contributed by atoms with Gasteiger partial charge in [0.25, 0.3) is 0 Å². The SMILES string of the molecule is CC(C)CN(CCCCC(C)(C)C(=N)N)CC(C)C. The Morgan fingerprint density at radius 3 is 1.89 bits per heavy atom. The monoisotopic (exact) mass is 269 g/mol. The van der Waals surface area contributed by atoms with Crippen molar-refractivity contribution in [3.8, 4) is 0 Å². The van der Waals surface area contributed by atoms with E-state index in [0.29, 0.717) is 5.84 Å². The van der Waals surface area contributed by atoms with E-state index in [0.717, 1.165) is 24.7 Å². The maximum Gasteiger partial charge on any atom is 0.0963 e. The van der Waals surface area contributed by atoms with Gasteiger partial charge in [0.15, 0.2) is 0 Å². The normalized spacial score (nSPS) is 12.7. The van der Waals surface area contributed by atoms with Gasteiger partial charge in [-0.05, 0) is 31.2 Å². The molecule has 3 N–H and O–H groups in total. The molecular formula is C16H35N3. The zero-order chi connectivity index (χ0) is 15.1. The van der Waals surface area contributed by atoms with E-state index in [9.17, 15) is 0 Å². The average Bonchev–Trinajstić information content (AvgIpc) is 2.22. The van der Waals surface area contributed by atoms with Crippen LogP contribution in [0.3, 0.4) is 0 Å². The highest BCUT2D eigenvalue weighted by Crippen LogP contribution is 2.22. The fourth-order valence-corrected chi connectivity index (χ4v) is 2.33. The maximum atomic E-state index is 7.57. The summed E-state index contributed by atoms with van der Waals surface area (Å²) in [6, 6.07) is 0. The predicted molar refractivity (Wildman–Crippen MR) is 85.7 cm³/mol. The van der Waals surface area contributed by atoms with E-state index in [1.54, 1.807) is 0 Å². The fraction of sp³-hybridized carbons (Fsp3) is 0.938. The number of unbranched alkanes of at least 4 members (excludes halogenated alkanes) is 1. The quantitative estimate of drug-likeness (QED) is 0.361. The van der Waals surface area contributed by atoms with Crippen LogP contribution in [0.5, 0.6) is 0 Å². The third kappa shape index (κ3) is 9.04. The Morgan fingerprint density at radius 1 is 1.05 bits per heavy atom. The first-order valence-electron chi connectivity index (χ1n) is 7.72. The van der Waals surface area contributed by atoms with Gasteiger partial charge in [0, 0.05) is 18.5 Å². The second-order valence-electron chi connectivity index (χ2n) is 7.30. The minimum atomic E-state index is -0.138. The first-order valence-corrected chi connectivity index (χ1v) is 7.72. The van der Waals surface area contributed by atoms with Crippen molar-refractivity contribution in [2.75, 3.05) is 19.6 Å². The van der Waals surface area contributed by atoms with Crippen LogP contribution in [0.2, 0.25) is 0 Å². The van der Waals surface area contributed by atoms with Gasteiger partial charge in [0.05, 0.1) is 5.84 Å². The molecule has 0 atom stereocenters. The molecule has 0 rings (SSSR count). The number of nitrogens with two attached hydrogens (primary N) is 1. The van der Waals surface area contributed by atoms with Crippen LogP contribution in [0.1, 0.15) is 60.8 Å². The lowest BCUT2D eigenvalue weighted by molar-refractivity contribution is 0.213. The van der Waals surface area contributed by atoms with Crippen molar-refractivity contribution in [3.05, 3.63) is 0 Å². The van der Waals surface area contributed by atoms with Crippen LogP contribution < -0.4 is 5.73 Å². The number of rotatable bonds is 10. The molecule has 3 heteroatoms. The highest BCUT2D eigenvalue weighted by Gasteiger charge is 2.20. The van der Waals surface area contributed by atoms with Crippen molar-refractivity contribution in [2.24, 2.45) is 23.0 Å².